The molecular weight excluding hydrogens is 426 g/mol. The summed E-state index contributed by atoms with van der Waals surface area (Å²) in [4.78, 5) is 45.1. The van der Waals surface area contributed by atoms with E-state index in [4.69, 9.17) is 9.84 Å². The molecule has 0 aliphatic carbocycles. The number of ether oxygens (including phenoxy) is 1. The second-order valence-electron chi connectivity index (χ2n) is 8.85. The molecule has 0 heterocycles. The van der Waals surface area contributed by atoms with Crippen LogP contribution >= 0.6 is 0 Å². The number of hydrogen-bond donors (Lipinski definition) is 3. The third kappa shape index (κ3) is 14.9. The smallest absolute Gasteiger partial charge is 0.333 e. The molecule has 33 heavy (non-hydrogen) atoms. The molecule has 3 N–H and O–H groups in total. The van der Waals surface area contributed by atoms with Gasteiger partial charge in [0, 0.05) is 49.7 Å². The van der Waals surface area contributed by atoms with Crippen LogP contribution in [-0.4, -0.2) is 80.1 Å². The zero-order valence-electron chi connectivity index (χ0n) is 20.7. The van der Waals surface area contributed by atoms with Crippen LogP contribution in [0.3, 0.4) is 0 Å². The number of carbonyl (C=O) groups excluding carboxylic acids is 3. The monoisotopic (exact) mass is 468 g/mol. The Balaban J connectivity index is 4.32. The summed E-state index contributed by atoms with van der Waals surface area (Å²) in [5.41, 5.74) is 0.919. The second kappa shape index (κ2) is 16.9. The van der Waals surface area contributed by atoms with E-state index in [0.717, 1.165) is 32.1 Å². The average molecular weight is 469 g/mol. The van der Waals surface area contributed by atoms with Crippen LogP contribution in [0.2, 0.25) is 0 Å². The second-order valence-corrected chi connectivity index (χ2v) is 8.85. The molecule has 0 aromatic heterocycles. The largest absolute Gasteiger partial charge is 0.481 e. The lowest BCUT2D eigenvalue weighted by molar-refractivity contribution is -0.915. The van der Waals surface area contributed by atoms with Crippen molar-refractivity contribution in [3.8, 4) is 0 Å². The van der Waals surface area contributed by atoms with Gasteiger partial charge in [-0.3, -0.25) is 9.59 Å². The summed E-state index contributed by atoms with van der Waals surface area (Å²) in [6.07, 6.45) is 6.62. The first-order valence-electron chi connectivity index (χ1n) is 11.5. The Morgan fingerprint density at radius 1 is 1.09 bits per heavy atom. The van der Waals surface area contributed by atoms with E-state index in [-0.39, 0.29) is 25.0 Å². The van der Waals surface area contributed by atoms with Crippen molar-refractivity contribution in [2.24, 2.45) is 0 Å². The van der Waals surface area contributed by atoms with Gasteiger partial charge in [0.15, 0.2) is 0 Å². The zero-order valence-corrected chi connectivity index (χ0v) is 20.7. The van der Waals surface area contributed by atoms with Crippen LogP contribution in [0.25, 0.3) is 0 Å². The van der Waals surface area contributed by atoms with Crippen LogP contribution in [0.15, 0.2) is 23.9 Å². The number of nitrogens with zero attached hydrogens (tertiary/aromatic N) is 1. The van der Waals surface area contributed by atoms with Gasteiger partial charge < -0.3 is 29.8 Å². The number of aldehydes is 1. The van der Waals surface area contributed by atoms with Gasteiger partial charge in [-0.25, -0.2) is 4.79 Å². The zero-order chi connectivity index (χ0) is 25.3. The van der Waals surface area contributed by atoms with Gasteiger partial charge in [-0.1, -0.05) is 6.58 Å². The molecule has 0 saturated carbocycles. The summed E-state index contributed by atoms with van der Waals surface area (Å²) in [6, 6.07) is 0.150. The van der Waals surface area contributed by atoms with Crippen molar-refractivity contribution >= 4 is 24.1 Å². The van der Waals surface area contributed by atoms with Crippen molar-refractivity contribution in [2.75, 3.05) is 40.3 Å². The summed E-state index contributed by atoms with van der Waals surface area (Å²) in [7, 11) is 4.13. The maximum Gasteiger partial charge on any atom is 0.333 e. The molecule has 0 bridgehead atoms. The van der Waals surface area contributed by atoms with Crippen LogP contribution in [0, 0.1) is 0 Å². The topological polar surface area (TPSA) is 122 Å². The summed E-state index contributed by atoms with van der Waals surface area (Å²) < 4.78 is 5.64. The standard InChI is InChI=1S/C24H41N3O6/c1-19(2)24(32)33-17-9-13-25-18-20(3)23(31)26-14-8-15-27(4,5)21(10-6-7-16-28)11-12-22(29)30/h16,18,21H,1,6-15,17H2,2-5H3,(H2-,25,26,29,30,31)/p+1. The number of carboxylic acids is 1. The van der Waals surface area contributed by atoms with Gasteiger partial charge in [-0.05, 0) is 33.1 Å². The highest BCUT2D eigenvalue weighted by Gasteiger charge is 2.28. The Bertz CT molecular complexity index is 688. The fourth-order valence-corrected chi connectivity index (χ4v) is 3.33. The lowest BCUT2D eigenvalue weighted by Crippen LogP contribution is -2.50. The van der Waals surface area contributed by atoms with Crippen molar-refractivity contribution in [3.05, 3.63) is 23.9 Å². The Hall–Kier alpha value is -2.68. The SMILES string of the molecule is C=C(C)C(=O)OCCCNC=C(C)C(=O)NCCC[N+](C)(C)C(CCCC=O)CCC(=O)O. The van der Waals surface area contributed by atoms with E-state index in [9.17, 15) is 19.2 Å². The van der Waals surface area contributed by atoms with Gasteiger partial charge in [0.1, 0.15) is 6.29 Å². The first-order chi connectivity index (χ1) is 15.5. The molecule has 188 valence electrons. The van der Waals surface area contributed by atoms with Crippen LogP contribution in [0.4, 0.5) is 0 Å². The molecule has 0 radical (unpaired) electrons. The number of amides is 1. The minimum absolute atomic E-state index is 0.109. The molecular formula is C24H42N3O6+. The molecule has 0 aromatic carbocycles. The van der Waals surface area contributed by atoms with Crippen LogP contribution < -0.4 is 10.6 Å². The van der Waals surface area contributed by atoms with Crippen molar-refractivity contribution in [1.82, 2.24) is 10.6 Å². The van der Waals surface area contributed by atoms with Crippen molar-refractivity contribution in [2.45, 2.75) is 64.8 Å². The summed E-state index contributed by atoms with van der Waals surface area (Å²) in [6.45, 7) is 8.99. The maximum absolute atomic E-state index is 12.2. The normalized spacial score (nSPS) is 12.5. The molecule has 9 nitrogen and oxygen atoms in total. The number of esters is 1. The van der Waals surface area contributed by atoms with Gasteiger partial charge in [0.2, 0.25) is 5.91 Å². The molecule has 0 spiro atoms. The number of hydrogen-bond acceptors (Lipinski definition) is 6. The highest BCUT2D eigenvalue weighted by Crippen LogP contribution is 2.19. The lowest BCUT2D eigenvalue weighted by atomic mass is 10.0. The molecule has 1 amide bonds. The Kier molecular flexibility index (Phi) is 15.5. The number of unbranched alkanes of at least 4 members (excludes halogenated alkanes) is 1. The number of quaternary nitrogens is 1. The predicted molar refractivity (Wildman–Crippen MR) is 127 cm³/mol. The molecule has 0 aromatic rings. The first kappa shape index (κ1) is 30.3. The summed E-state index contributed by atoms with van der Waals surface area (Å²) >= 11 is 0. The minimum atomic E-state index is -0.814. The van der Waals surface area contributed by atoms with E-state index < -0.39 is 11.9 Å². The van der Waals surface area contributed by atoms with E-state index in [2.05, 4.69) is 31.3 Å². The van der Waals surface area contributed by atoms with Gasteiger partial charge in [0.05, 0.1) is 39.7 Å². The number of rotatable bonds is 19. The molecule has 1 unspecified atom stereocenters. The van der Waals surface area contributed by atoms with Gasteiger partial charge >= 0.3 is 11.9 Å². The predicted octanol–water partition coefficient (Wildman–Crippen LogP) is 2.17. The molecule has 0 fully saturated rings. The van der Waals surface area contributed by atoms with E-state index in [0.29, 0.717) is 48.0 Å². The molecule has 0 saturated heterocycles. The Labute approximate surface area is 197 Å². The molecule has 0 aliphatic heterocycles. The van der Waals surface area contributed by atoms with Crippen molar-refractivity contribution < 1.29 is 33.5 Å². The summed E-state index contributed by atoms with van der Waals surface area (Å²) in [5.74, 6) is -1.38. The van der Waals surface area contributed by atoms with Crippen LogP contribution in [-0.2, 0) is 23.9 Å². The first-order valence-corrected chi connectivity index (χ1v) is 11.5. The third-order valence-corrected chi connectivity index (χ3v) is 5.46. The third-order valence-electron chi connectivity index (χ3n) is 5.46. The number of nitrogens with one attached hydrogen (secondary N) is 2. The van der Waals surface area contributed by atoms with E-state index in [1.165, 1.54) is 0 Å². The molecule has 9 heteroatoms. The minimum Gasteiger partial charge on any atom is -0.481 e. The number of aliphatic carboxylic acids is 1. The average Bonchev–Trinajstić information content (AvgIpc) is 2.74. The molecule has 1 atom stereocenters. The summed E-state index contributed by atoms with van der Waals surface area (Å²) in [5, 5.41) is 15.0. The van der Waals surface area contributed by atoms with Crippen molar-refractivity contribution in [1.29, 1.82) is 0 Å². The fraction of sp³-hybridized carbons (Fsp3) is 0.667. The van der Waals surface area contributed by atoms with Crippen LogP contribution in [0.1, 0.15) is 58.8 Å². The quantitative estimate of drug-likeness (QED) is 0.0873. The highest BCUT2D eigenvalue weighted by molar-refractivity contribution is 5.92. The van der Waals surface area contributed by atoms with Gasteiger partial charge in [-0.15, -0.1) is 0 Å². The van der Waals surface area contributed by atoms with Crippen molar-refractivity contribution in [3.63, 3.8) is 0 Å². The highest BCUT2D eigenvalue weighted by atomic mass is 16.5. The maximum atomic E-state index is 12.2. The van der Waals surface area contributed by atoms with Crippen LogP contribution in [0.5, 0.6) is 0 Å². The fourth-order valence-electron chi connectivity index (χ4n) is 3.33. The van der Waals surface area contributed by atoms with E-state index in [1.807, 2.05) is 0 Å². The Morgan fingerprint density at radius 2 is 1.79 bits per heavy atom. The Morgan fingerprint density at radius 3 is 2.39 bits per heavy atom. The number of carbonyl (C=O) groups is 4. The molecule has 0 rings (SSSR count). The van der Waals surface area contributed by atoms with Gasteiger partial charge in [0.25, 0.3) is 0 Å². The van der Waals surface area contributed by atoms with E-state index in [1.54, 1.807) is 20.0 Å². The lowest BCUT2D eigenvalue weighted by Gasteiger charge is -2.38. The molecule has 0 aliphatic rings. The van der Waals surface area contributed by atoms with E-state index >= 15 is 0 Å². The van der Waals surface area contributed by atoms with Gasteiger partial charge in [-0.2, -0.15) is 0 Å². The number of carboxylic acid groups (broad SMARTS) is 1.